The third-order valence-corrected chi connectivity index (χ3v) is 6.00. The third kappa shape index (κ3) is 4.42. The molecule has 8 heteroatoms. The van der Waals surface area contributed by atoms with Gasteiger partial charge in [0.25, 0.3) is 0 Å². The van der Waals surface area contributed by atoms with E-state index < -0.39 is 5.60 Å². The first-order valence-corrected chi connectivity index (χ1v) is 10.9. The number of amides is 2. The fraction of sp³-hybridized carbons (Fsp3) is 0.636. The molecule has 0 aliphatic carbocycles. The Balaban J connectivity index is 1.29. The lowest BCUT2D eigenvalue weighted by molar-refractivity contribution is -0.145. The van der Waals surface area contributed by atoms with Crippen LogP contribution >= 0.6 is 0 Å². The average molecular weight is 414 g/mol. The van der Waals surface area contributed by atoms with E-state index in [1.54, 1.807) is 15.7 Å². The van der Waals surface area contributed by atoms with E-state index in [9.17, 15) is 9.59 Å². The van der Waals surface area contributed by atoms with E-state index in [1.807, 2.05) is 37.9 Å². The van der Waals surface area contributed by atoms with Crippen LogP contribution in [0.3, 0.4) is 0 Å². The van der Waals surface area contributed by atoms with Gasteiger partial charge in [0.05, 0.1) is 0 Å². The van der Waals surface area contributed by atoms with Crippen LogP contribution in [0.1, 0.15) is 52.0 Å². The standard InChI is InChI=1S/C22H31N5O3/c1-22(2,3)30-21(29)25-12-13-26-18(14-25)10-9-17(20(26)28)7-4-6-16-8-5-11-27-19(16)23-15-24-27/h5,8,11,15,17-18H,4,6-7,9-10,12-14H2,1-3H3. The predicted octanol–water partition coefficient (Wildman–Crippen LogP) is 2.91. The van der Waals surface area contributed by atoms with E-state index in [1.165, 1.54) is 5.56 Å². The molecule has 2 aliphatic rings. The number of carbonyl (C=O) groups is 2. The van der Waals surface area contributed by atoms with Gasteiger partial charge in [0.1, 0.15) is 11.9 Å². The van der Waals surface area contributed by atoms with Crippen molar-refractivity contribution in [2.24, 2.45) is 5.92 Å². The largest absolute Gasteiger partial charge is 0.444 e. The van der Waals surface area contributed by atoms with Gasteiger partial charge in [0.2, 0.25) is 5.91 Å². The summed E-state index contributed by atoms with van der Waals surface area (Å²) < 4.78 is 7.28. The number of rotatable bonds is 4. The second kappa shape index (κ2) is 8.24. The molecule has 2 unspecified atom stereocenters. The number of pyridine rings is 1. The van der Waals surface area contributed by atoms with Gasteiger partial charge in [-0.2, -0.15) is 5.10 Å². The maximum Gasteiger partial charge on any atom is 0.410 e. The summed E-state index contributed by atoms with van der Waals surface area (Å²) in [5, 5.41) is 4.18. The SMILES string of the molecule is CC(C)(C)OC(=O)N1CCN2C(=O)C(CCCc3cccn4ncnc34)CCC2C1. The molecule has 2 fully saturated rings. The van der Waals surface area contributed by atoms with E-state index in [-0.39, 0.29) is 24.0 Å². The van der Waals surface area contributed by atoms with Crippen molar-refractivity contribution < 1.29 is 14.3 Å². The topological polar surface area (TPSA) is 80.0 Å². The first kappa shape index (κ1) is 20.6. The quantitative estimate of drug-likeness (QED) is 0.770. The average Bonchev–Trinajstić information content (AvgIpc) is 3.18. The molecule has 2 aromatic rings. The van der Waals surface area contributed by atoms with Crippen molar-refractivity contribution in [3.8, 4) is 0 Å². The Morgan fingerprint density at radius 2 is 2.10 bits per heavy atom. The Kier molecular flexibility index (Phi) is 5.66. The van der Waals surface area contributed by atoms with E-state index in [4.69, 9.17) is 4.74 Å². The minimum Gasteiger partial charge on any atom is -0.444 e. The summed E-state index contributed by atoms with van der Waals surface area (Å²) >= 11 is 0. The van der Waals surface area contributed by atoms with Crippen molar-refractivity contribution in [3.63, 3.8) is 0 Å². The molecule has 2 atom stereocenters. The van der Waals surface area contributed by atoms with Crippen LogP contribution in [0, 0.1) is 5.92 Å². The number of aromatic nitrogens is 3. The van der Waals surface area contributed by atoms with Crippen LogP contribution in [0.2, 0.25) is 0 Å². The van der Waals surface area contributed by atoms with E-state index in [0.29, 0.717) is 19.6 Å². The summed E-state index contributed by atoms with van der Waals surface area (Å²) in [7, 11) is 0. The van der Waals surface area contributed by atoms with Crippen LogP contribution in [0.15, 0.2) is 24.7 Å². The van der Waals surface area contributed by atoms with E-state index in [2.05, 4.69) is 16.1 Å². The maximum absolute atomic E-state index is 13.0. The van der Waals surface area contributed by atoms with Gasteiger partial charge < -0.3 is 14.5 Å². The molecular weight excluding hydrogens is 382 g/mol. The van der Waals surface area contributed by atoms with Crippen molar-refractivity contribution in [1.29, 1.82) is 0 Å². The summed E-state index contributed by atoms with van der Waals surface area (Å²) in [5.74, 6) is 0.322. The van der Waals surface area contributed by atoms with Gasteiger partial charge in [-0.1, -0.05) is 6.07 Å². The second-order valence-corrected chi connectivity index (χ2v) is 9.34. The van der Waals surface area contributed by atoms with E-state index >= 15 is 0 Å². The molecule has 0 aromatic carbocycles. The summed E-state index contributed by atoms with van der Waals surface area (Å²) in [6, 6.07) is 4.18. The Morgan fingerprint density at radius 3 is 2.90 bits per heavy atom. The normalized spacial score (nSPS) is 22.3. The van der Waals surface area contributed by atoms with Crippen molar-refractivity contribution in [3.05, 3.63) is 30.2 Å². The zero-order valence-corrected chi connectivity index (χ0v) is 18.1. The number of aryl methyl sites for hydroxylation is 1. The summed E-state index contributed by atoms with van der Waals surface area (Å²) in [6.07, 6.45) is 7.74. The number of piperazine rings is 1. The predicted molar refractivity (Wildman–Crippen MR) is 112 cm³/mol. The van der Waals surface area contributed by atoms with Crippen molar-refractivity contribution >= 4 is 17.6 Å². The van der Waals surface area contributed by atoms with Gasteiger partial charge in [0.15, 0.2) is 5.65 Å². The summed E-state index contributed by atoms with van der Waals surface area (Å²) in [6.45, 7) is 7.33. The molecule has 2 amide bonds. The lowest BCUT2D eigenvalue weighted by Crippen LogP contribution is -2.60. The molecule has 2 aromatic heterocycles. The molecule has 4 heterocycles. The zero-order chi connectivity index (χ0) is 21.3. The number of hydrogen-bond acceptors (Lipinski definition) is 5. The minimum atomic E-state index is -0.502. The van der Waals surface area contributed by atoms with Crippen molar-refractivity contribution in [2.45, 2.75) is 64.5 Å². The number of hydrogen-bond donors (Lipinski definition) is 0. The molecule has 4 rings (SSSR count). The first-order chi connectivity index (χ1) is 14.3. The van der Waals surface area contributed by atoms with Gasteiger partial charge in [-0.3, -0.25) is 4.79 Å². The van der Waals surface area contributed by atoms with Crippen LogP contribution in [0.5, 0.6) is 0 Å². The molecule has 0 spiro atoms. The first-order valence-electron chi connectivity index (χ1n) is 10.9. The lowest BCUT2D eigenvalue weighted by Gasteiger charge is -2.46. The van der Waals surface area contributed by atoms with Crippen LogP contribution in [-0.2, 0) is 16.0 Å². The number of fused-ring (bicyclic) bond motifs is 2. The van der Waals surface area contributed by atoms with Gasteiger partial charge in [0, 0.05) is 37.8 Å². The Bertz CT molecular complexity index is 919. The maximum atomic E-state index is 13.0. The number of nitrogens with zero attached hydrogens (tertiary/aromatic N) is 5. The molecule has 8 nitrogen and oxygen atoms in total. The molecule has 0 saturated carbocycles. The fourth-order valence-electron chi connectivity index (χ4n) is 4.54. The summed E-state index contributed by atoms with van der Waals surface area (Å²) in [4.78, 5) is 33.5. The molecule has 2 saturated heterocycles. The summed E-state index contributed by atoms with van der Waals surface area (Å²) in [5.41, 5.74) is 1.56. The molecule has 162 valence electrons. The number of ether oxygens (including phenoxy) is 1. The fourth-order valence-corrected chi connectivity index (χ4v) is 4.54. The monoisotopic (exact) mass is 413 g/mol. The highest BCUT2D eigenvalue weighted by Gasteiger charge is 2.40. The Labute approximate surface area is 177 Å². The molecule has 2 aliphatic heterocycles. The smallest absolute Gasteiger partial charge is 0.410 e. The molecule has 30 heavy (non-hydrogen) atoms. The molecule has 0 bridgehead atoms. The molecule has 0 N–H and O–H groups in total. The molecule has 0 radical (unpaired) electrons. The van der Waals surface area contributed by atoms with Gasteiger partial charge in [-0.25, -0.2) is 14.3 Å². The Morgan fingerprint density at radius 1 is 1.27 bits per heavy atom. The van der Waals surface area contributed by atoms with Crippen LogP contribution in [-0.4, -0.2) is 67.7 Å². The highest BCUT2D eigenvalue weighted by atomic mass is 16.6. The highest BCUT2D eigenvalue weighted by molar-refractivity contribution is 5.80. The van der Waals surface area contributed by atoms with Crippen LogP contribution < -0.4 is 0 Å². The number of carbonyl (C=O) groups excluding carboxylic acids is 2. The highest BCUT2D eigenvalue weighted by Crippen LogP contribution is 2.30. The third-order valence-electron chi connectivity index (χ3n) is 6.00. The number of piperidine rings is 1. The van der Waals surface area contributed by atoms with Crippen LogP contribution in [0.4, 0.5) is 4.79 Å². The van der Waals surface area contributed by atoms with Gasteiger partial charge in [-0.05, 0) is 64.5 Å². The zero-order valence-electron chi connectivity index (χ0n) is 18.1. The van der Waals surface area contributed by atoms with Crippen molar-refractivity contribution in [2.75, 3.05) is 19.6 Å². The van der Waals surface area contributed by atoms with E-state index in [0.717, 1.165) is 37.8 Å². The molecular formula is C22H31N5O3. The van der Waals surface area contributed by atoms with Crippen LogP contribution in [0.25, 0.3) is 5.65 Å². The van der Waals surface area contributed by atoms with Crippen molar-refractivity contribution in [1.82, 2.24) is 24.4 Å². The van der Waals surface area contributed by atoms with Gasteiger partial charge >= 0.3 is 6.09 Å². The minimum absolute atomic E-state index is 0.0759. The lowest BCUT2D eigenvalue weighted by atomic mass is 9.86. The second-order valence-electron chi connectivity index (χ2n) is 9.34. The van der Waals surface area contributed by atoms with Gasteiger partial charge in [-0.15, -0.1) is 0 Å². The Hall–Kier alpha value is -2.64.